The number of benzene rings is 2. The molecule has 0 saturated carbocycles. The van der Waals surface area contributed by atoms with Crippen molar-refractivity contribution < 1.29 is 18.4 Å². The van der Waals surface area contributed by atoms with Gasteiger partial charge in [0.2, 0.25) is 0 Å². The van der Waals surface area contributed by atoms with Gasteiger partial charge >= 0.3 is 0 Å². The molecule has 0 unspecified atom stereocenters. The van der Waals surface area contributed by atoms with E-state index in [-0.39, 0.29) is 17.1 Å². The van der Waals surface area contributed by atoms with Crippen molar-refractivity contribution in [1.29, 1.82) is 0 Å². The lowest BCUT2D eigenvalue weighted by Crippen LogP contribution is -2.19. The second kappa shape index (κ2) is 7.74. The number of anilines is 2. The number of para-hydroxylation sites is 1. The van der Waals surface area contributed by atoms with Crippen LogP contribution in [0.3, 0.4) is 0 Å². The Hall–Kier alpha value is -3.61. The van der Waals surface area contributed by atoms with E-state index in [2.05, 4.69) is 15.6 Å². The fraction of sp³-hybridized carbons (Fsp3) is 0.0500. The summed E-state index contributed by atoms with van der Waals surface area (Å²) in [7, 11) is 0. The molecule has 136 valence electrons. The predicted molar refractivity (Wildman–Crippen MR) is 97.7 cm³/mol. The fourth-order valence-electron chi connectivity index (χ4n) is 2.36. The lowest BCUT2D eigenvalue weighted by Gasteiger charge is -2.09. The van der Waals surface area contributed by atoms with Gasteiger partial charge in [-0.1, -0.05) is 24.3 Å². The summed E-state index contributed by atoms with van der Waals surface area (Å²) < 4.78 is 26.6. The highest BCUT2D eigenvalue weighted by molar-refractivity contribution is 6.06. The van der Waals surface area contributed by atoms with E-state index in [9.17, 15) is 18.4 Å². The van der Waals surface area contributed by atoms with E-state index in [1.807, 2.05) is 19.1 Å². The molecule has 0 fully saturated rings. The van der Waals surface area contributed by atoms with Crippen LogP contribution in [0.25, 0.3) is 0 Å². The number of nitrogens with zero attached hydrogens (tertiary/aromatic N) is 1. The zero-order chi connectivity index (χ0) is 19.4. The topological polar surface area (TPSA) is 71.1 Å². The number of rotatable bonds is 4. The molecule has 3 aromatic rings. The van der Waals surface area contributed by atoms with Gasteiger partial charge in [-0.3, -0.25) is 9.59 Å². The minimum absolute atomic E-state index is 0.0329. The largest absolute Gasteiger partial charge is 0.320 e. The van der Waals surface area contributed by atoms with Crippen molar-refractivity contribution in [3.8, 4) is 0 Å². The molecule has 27 heavy (non-hydrogen) atoms. The zero-order valence-electron chi connectivity index (χ0n) is 14.3. The number of aryl methyl sites for hydroxylation is 1. The highest BCUT2D eigenvalue weighted by atomic mass is 19.1. The van der Waals surface area contributed by atoms with E-state index in [0.717, 1.165) is 17.7 Å². The number of aromatic nitrogens is 1. The highest BCUT2D eigenvalue weighted by Gasteiger charge is 2.15. The summed E-state index contributed by atoms with van der Waals surface area (Å²) in [5.41, 5.74) is 1.29. The van der Waals surface area contributed by atoms with Crippen LogP contribution in [-0.4, -0.2) is 16.8 Å². The lowest BCUT2D eigenvalue weighted by molar-refractivity contribution is 0.101. The van der Waals surface area contributed by atoms with Gasteiger partial charge in [0.15, 0.2) is 0 Å². The predicted octanol–water partition coefficient (Wildman–Crippen LogP) is 4.17. The molecule has 0 aliphatic heterocycles. The standard InChI is InChI=1S/C20H15F2N3O2/c1-12-5-2-3-6-15(12)24-19(26)17-7-4-8-18(23-17)20(27)25-16-10-9-13(21)11-14(16)22/h2-11H,1H3,(H,24,26)(H,25,27). The summed E-state index contributed by atoms with van der Waals surface area (Å²) >= 11 is 0. The smallest absolute Gasteiger partial charge is 0.274 e. The van der Waals surface area contributed by atoms with Crippen LogP contribution >= 0.6 is 0 Å². The van der Waals surface area contributed by atoms with Gasteiger partial charge in [-0.25, -0.2) is 13.8 Å². The molecular weight excluding hydrogens is 352 g/mol. The van der Waals surface area contributed by atoms with Gasteiger partial charge in [0.1, 0.15) is 23.0 Å². The van der Waals surface area contributed by atoms with Crippen molar-refractivity contribution in [2.45, 2.75) is 6.92 Å². The van der Waals surface area contributed by atoms with Crippen LogP contribution in [0.1, 0.15) is 26.5 Å². The van der Waals surface area contributed by atoms with Gasteiger partial charge in [0.05, 0.1) is 5.69 Å². The molecule has 0 radical (unpaired) electrons. The second-order valence-electron chi connectivity index (χ2n) is 5.76. The van der Waals surface area contributed by atoms with E-state index in [1.54, 1.807) is 12.1 Å². The Bertz CT molecular complexity index is 1020. The number of carbonyl (C=O) groups is 2. The van der Waals surface area contributed by atoms with Crippen molar-refractivity contribution in [2.24, 2.45) is 0 Å². The van der Waals surface area contributed by atoms with E-state index in [0.29, 0.717) is 11.8 Å². The zero-order valence-corrected chi connectivity index (χ0v) is 14.3. The molecule has 5 nitrogen and oxygen atoms in total. The summed E-state index contributed by atoms with van der Waals surface area (Å²) in [4.78, 5) is 28.7. The first kappa shape index (κ1) is 18.2. The average molecular weight is 367 g/mol. The fourth-order valence-corrected chi connectivity index (χ4v) is 2.36. The Labute approximate surface area is 154 Å². The molecule has 7 heteroatoms. The number of nitrogens with one attached hydrogen (secondary N) is 2. The van der Waals surface area contributed by atoms with Crippen LogP contribution in [0.4, 0.5) is 20.2 Å². The molecular formula is C20H15F2N3O2. The van der Waals surface area contributed by atoms with Crippen LogP contribution < -0.4 is 10.6 Å². The molecule has 0 aliphatic carbocycles. The van der Waals surface area contributed by atoms with E-state index >= 15 is 0 Å². The number of hydrogen-bond donors (Lipinski definition) is 2. The van der Waals surface area contributed by atoms with Crippen LogP contribution in [-0.2, 0) is 0 Å². The maximum Gasteiger partial charge on any atom is 0.274 e. The van der Waals surface area contributed by atoms with E-state index < -0.39 is 23.4 Å². The normalized spacial score (nSPS) is 10.3. The summed E-state index contributed by atoms with van der Waals surface area (Å²) in [6, 6.07) is 14.4. The van der Waals surface area contributed by atoms with E-state index in [4.69, 9.17) is 0 Å². The quantitative estimate of drug-likeness (QED) is 0.727. The number of hydrogen-bond acceptors (Lipinski definition) is 3. The van der Waals surface area contributed by atoms with E-state index in [1.165, 1.54) is 18.2 Å². The average Bonchev–Trinajstić information content (AvgIpc) is 2.66. The maximum absolute atomic E-state index is 13.7. The van der Waals surface area contributed by atoms with Crippen LogP contribution in [0.15, 0.2) is 60.7 Å². The van der Waals surface area contributed by atoms with Crippen LogP contribution in [0.5, 0.6) is 0 Å². The van der Waals surface area contributed by atoms with Crippen molar-refractivity contribution in [3.05, 3.63) is 89.2 Å². The molecule has 1 heterocycles. The van der Waals surface area contributed by atoms with Crippen molar-refractivity contribution in [1.82, 2.24) is 4.98 Å². The molecule has 0 bridgehead atoms. The summed E-state index contributed by atoms with van der Waals surface area (Å²) in [5, 5.41) is 5.03. The Morgan fingerprint density at radius 1 is 0.815 bits per heavy atom. The molecule has 3 rings (SSSR count). The first-order chi connectivity index (χ1) is 12.9. The first-order valence-corrected chi connectivity index (χ1v) is 8.04. The molecule has 0 spiro atoms. The van der Waals surface area contributed by atoms with Crippen LogP contribution in [0, 0.1) is 18.6 Å². The Morgan fingerprint density at radius 2 is 1.44 bits per heavy atom. The first-order valence-electron chi connectivity index (χ1n) is 8.04. The SMILES string of the molecule is Cc1ccccc1NC(=O)c1cccc(C(=O)Nc2ccc(F)cc2F)n1. The molecule has 0 atom stereocenters. The molecule has 0 aliphatic rings. The van der Waals surface area contributed by atoms with Gasteiger partial charge in [-0.15, -0.1) is 0 Å². The van der Waals surface area contributed by atoms with Gasteiger partial charge in [-0.2, -0.15) is 0 Å². The van der Waals surface area contributed by atoms with Crippen molar-refractivity contribution >= 4 is 23.2 Å². The molecule has 0 saturated heterocycles. The number of carbonyl (C=O) groups excluding carboxylic acids is 2. The Balaban J connectivity index is 1.77. The van der Waals surface area contributed by atoms with Gasteiger partial charge in [-0.05, 0) is 42.8 Å². The highest BCUT2D eigenvalue weighted by Crippen LogP contribution is 2.17. The minimum Gasteiger partial charge on any atom is -0.320 e. The van der Waals surface area contributed by atoms with Crippen molar-refractivity contribution in [2.75, 3.05) is 10.6 Å². The number of pyridine rings is 1. The number of amides is 2. The Kier molecular flexibility index (Phi) is 5.21. The third-order valence-corrected chi connectivity index (χ3v) is 3.79. The molecule has 2 amide bonds. The lowest BCUT2D eigenvalue weighted by atomic mass is 10.2. The third kappa shape index (κ3) is 4.33. The van der Waals surface area contributed by atoms with Gasteiger partial charge < -0.3 is 10.6 Å². The van der Waals surface area contributed by atoms with Gasteiger partial charge in [0, 0.05) is 11.8 Å². The number of halogens is 2. The Morgan fingerprint density at radius 3 is 2.07 bits per heavy atom. The van der Waals surface area contributed by atoms with Crippen molar-refractivity contribution in [3.63, 3.8) is 0 Å². The monoisotopic (exact) mass is 367 g/mol. The second-order valence-corrected chi connectivity index (χ2v) is 5.76. The van der Waals surface area contributed by atoms with Crippen LogP contribution in [0.2, 0.25) is 0 Å². The third-order valence-electron chi connectivity index (χ3n) is 3.79. The minimum atomic E-state index is -0.906. The summed E-state index contributed by atoms with van der Waals surface area (Å²) in [6.07, 6.45) is 0. The maximum atomic E-state index is 13.7. The summed E-state index contributed by atoms with van der Waals surface area (Å²) in [6.45, 7) is 1.85. The summed E-state index contributed by atoms with van der Waals surface area (Å²) in [5.74, 6) is -2.85. The molecule has 2 aromatic carbocycles. The molecule has 1 aromatic heterocycles. The molecule has 2 N–H and O–H groups in total. The van der Waals surface area contributed by atoms with Gasteiger partial charge in [0.25, 0.3) is 11.8 Å².